The zero-order valence-corrected chi connectivity index (χ0v) is 12.5. The number of nitrogens with one attached hydrogen (secondary N) is 1. The lowest BCUT2D eigenvalue weighted by Crippen LogP contribution is -2.17. The molecule has 0 aliphatic heterocycles. The van der Waals surface area contributed by atoms with Crippen LogP contribution in [0.5, 0.6) is 5.75 Å². The van der Waals surface area contributed by atoms with Crippen LogP contribution in [0.1, 0.15) is 12.0 Å². The Morgan fingerprint density at radius 2 is 2.00 bits per heavy atom. The molecule has 0 saturated heterocycles. The van der Waals surface area contributed by atoms with Gasteiger partial charge in [-0.3, -0.25) is 4.79 Å². The van der Waals surface area contributed by atoms with Crippen LogP contribution >= 0.6 is 31.9 Å². The lowest BCUT2D eigenvalue weighted by atomic mass is 10.2. The molecule has 0 heterocycles. The van der Waals surface area contributed by atoms with Gasteiger partial charge in [-0.25, -0.2) is 0 Å². The lowest BCUT2D eigenvalue weighted by Gasteiger charge is -2.09. The van der Waals surface area contributed by atoms with Gasteiger partial charge in [0, 0.05) is 13.1 Å². The first-order valence-corrected chi connectivity index (χ1v) is 6.57. The molecule has 0 bridgehead atoms. The Labute approximate surface area is 117 Å². The summed E-state index contributed by atoms with van der Waals surface area (Å²) < 4.78 is 6.93. The van der Waals surface area contributed by atoms with Crippen LogP contribution in [-0.4, -0.2) is 24.7 Å². The van der Waals surface area contributed by atoms with E-state index in [2.05, 4.69) is 37.2 Å². The molecule has 6 heteroatoms. The maximum absolute atomic E-state index is 10.3. The maximum atomic E-state index is 10.3. The van der Waals surface area contributed by atoms with Crippen LogP contribution < -0.4 is 10.1 Å². The Hall–Kier alpha value is -0.590. The quantitative estimate of drug-likeness (QED) is 0.760. The summed E-state index contributed by atoms with van der Waals surface area (Å²) in [7, 11) is 1.61. The molecule has 0 fully saturated rings. The molecular formula is C11H13Br2NO3. The van der Waals surface area contributed by atoms with Gasteiger partial charge in [0.05, 0.1) is 22.5 Å². The van der Waals surface area contributed by atoms with Crippen molar-refractivity contribution >= 4 is 37.8 Å². The van der Waals surface area contributed by atoms with E-state index in [1.165, 1.54) is 0 Å². The smallest absolute Gasteiger partial charge is 0.304 e. The zero-order chi connectivity index (χ0) is 12.8. The number of carboxylic acids is 1. The Morgan fingerprint density at radius 3 is 2.47 bits per heavy atom. The summed E-state index contributed by atoms with van der Waals surface area (Å²) in [6, 6.07) is 3.88. The summed E-state index contributed by atoms with van der Waals surface area (Å²) >= 11 is 6.83. The number of hydrogen-bond acceptors (Lipinski definition) is 3. The van der Waals surface area contributed by atoms with Gasteiger partial charge < -0.3 is 15.2 Å². The molecule has 0 aliphatic carbocycles. The number of hydrogen-bond donors (Lipinski definition) is 2. The van der Waals surface area contributed by atoms with Crippen molar-refractivity contribution in [2.24, 2.45) is 0 Å². The Balaban J connectivity index is 2.58. The number of carboxylic acid groups (broad SMARTS) is 1. The van der Waals surface area contributed by atoms with Crippen LogP contribution in [0.15, 0.2) is 21.1 Å². The average molecular weight is 367 g/mol. The molecule has 17 heavy (non-hydrogen) atoms. The summed E-state index contributed by atoms with van der Waals surface area (Å²) in [4.78, 5) is 10.3. The van der Waals surface area contributed by atoms with Crippen molar-refractivity contribution in [1.82, 2.24) is 5.32 Å². The summed E-state index contributed by atoms with van der Waals surface area (Å²) in [5, 5.41) is 11.6. The molecule has 0 aromatic heterocycles. The molecule has 0 spiro atoms. The third kappa shape index (κ3) is 4.65. The van der Waals surface area contributed by atoms with E-state index in [9.17, 15) is 4.79 Å². The normalized spacial score (nSPS) is 10.3. The molecule has 0 aliphatic rings. The standard InChI is InChI=1S/C11H13Br2NO3/c1-17-11-8(12)4-7(5-9(11)13)6-14-3-2-10(15)16/h4-5,14H,2-3,6H2,1H3,(H,15,16). The van der Waals surface area contributed by atoms with Gasteiger partial charge in [-0.1, -0.05) is 0 Å². The third-order valence-corrected chi connectivity index (χ3v) is 3.29. The summed E-state index contributed by atoms with van der Waals surface area (Å²) in [5.41, 5.74) is 1.05. The van der Waals surface area contributed by atoms with Gasteiger partial charge in [0.25, 0.3) is 0 Å². The Kier molecular flexibility index (Phi) is 5.94. The van der Waals surface area contributed by atoms with Crippen LogP contribution in [0.3, 0.4) is 0 Å². The van der Waals surface area contributed by atoms with E-state index < -0.39 is 5.97 Å². The molecular weight excluding hydrogens is 354 g/mol. The number of aliphatic carboxylic acids is 1. The van der Waals surface area contributed by atoms with E-state index in [0.717, 1.165) is 20.3 Å². The molecule has 2 N–H and O–H groups in total. The van der Waals surface area contributed by atoms with Crippen molar-refractivity contribution in [3.05, 3.63) is 26.6 Å². The van der Waals surface area contributed by atoms with Crippen molar-refractivity contribution in [3.8, 4) is 5.75 Å². The van der Waals surface area contributed by atoms with Crippen LogP contribution in [0.4, 0.5) is 0 Å². The van der Waals surface area contributed by atoms with Crippen LogP contribution in [0.2, 0.25) is 0 Å². The first-order chi connectivity index (χ1) is 8.04. The molecule has 1 rings (SSSR count). The van der Waals surface area contributed by atoms with E-state index >= 15 is 0 Å². The molecule has 4 nitrogen and oxygen atoms in total. The topological polar surface area (TPSA) is 58.6 Å². The third-order valence-electron chi connectivity index (χ3n) is 2.11. The minimum Gasteiger partial charge on any atom is -0.494 e. The largest absolute Gasteiger partial charge is 0.494 e. The zero-order valence-electron chi connectivity index (χ0n) is 9.30. The van der Waals surface area contributed by atoms with Crippen LogP contribution in [-0.2, 0) is 11.3 Å². The van der Waals surface area contributed by atoms with Gasteiger partial charge in [-0.2, -0.15) is 0 Å². The second-order valence-corrected chi connectivity index (χ2v) is 5.12. The van der Waals surface area contributed by atoms with Gasteiger partial charge in [0.15, 0.2) is 0 Å². The molecule has 94 valence electrons. The van der Waals surface area contributed by atoms with Crippen LogP contribution in [0.25, 0.3) is 0 Å². The van der Waals surface area contributed by atoms with Crippen molar-refractivity contribution in [2.75, 3.05) is 13.7 Å². The average Bonchev–Trinajstić information content (AvgIpc) is 2.24. The highest BCUT2D eigenvalue weighted by Gasteiger charge is 2.07. The predicted octanol–water partition coefficient (Wildman–Crippen LogP) is 2.78. The summed E-state index contributed by atoms with van der Waals surface area (Å²) in [6.07, 6.45) is 0.124. The fourth-order valence-electron chi connectivity index (χ4n) is 1.34. The fraction of sp³-hybridized carbons (Fsp3) is 0.364. The van der Waals surface area contributed by atoms with E-state index in [1.54, 1.807) is 7.11 Å². The van der Waals surface area contributed by atoms with Crippen molar-refractivity contribution < 1.29 is 14.6 Å². The predicted molar refractivity (Wildman–Crippen MR) is 72.4 cm³/mol. The number of rotatable bonds is 6. The van der Waals surface area contributed by atoms with Gasteiger partial charge in [0.2, 0.25) is 0 Å². The van der Waals surface area contributed by atoms with Gasteiger partial charge in [-0.15, -0.1) is 0 Å². The molecule has 1 aromatic carbocycles. The second-order valence-electron chi connectivity index (χ2n) is 3.41. The van der Waals surface area contributed by atoms with Gasteiger partial charge in [-0.05, 0) is 49.6 Å². The number of carbonyl (C=O) groups is 1. The molecule has 0 unspecified atom stereocenters. The minimum absolute atomic E-state index is 0.124. The highest BCUT2D eigenvalue weighted by atomic mass is 79.9. The summed E-state index contributed by atoms with van der Waals surface area (Å²) in [5.74, 6) is -0.0473. The monoisotopic (exact) mass is 365 g/mol. The minimum atomic E-state index is -0.797. The SMILES string of the molecule is COc1c(Br)cc(CNCCC(=O)O)cc1Br. The van der Waals surface area contributed by atoms with Crippen molar-refractivity contribution in [2.45, 2.75) is 13.0 Å². The molecule has 0 radical (unpaired) electrons. The number of halogens is 2. The molecule has 0 amide bonds. The number of ether oxygens (including phenoxy) is 1. The summed E-state index contributed by atoms with van der Waals surface area (Å²) in [6.45, 7) is 1.07. The fourth-order valence-corrected chi connectivity index (χ4v) is 2.94. The van der Waals surface area contributed by atoms with E-state index in [4.69, 9.17) is 9.84 Å². The Morgan fingerprint density at radius 1 is 1.41 bits per heavy atom. The van der Waals surface area contributed by atoms with Gasteiger partial charge >= 0.3 is 5.97 Å². The maximum Gasteiger partial charge on any atom is 0.304 e. The number of methoxy groups -OCH3 is 1. The van der Waals surface area contributed by atoms with Crippen LogP contribution in [0, 0.1) is 0 Å². The second kappa shape index (κ2) is 6.98. The molecule has 0 atom stereocenters. The molecule has 0 saturated carbocycles. The first-order valence-electron chi connectivity index (χ1n) is 4.99. The Bertz CT molecular complexity index is 387. The highest BCUT2D eigenvalue weighted by Crippen LogP contribution is 2.34. The van der Waals surface area contributed by atoms with E-state index in [-0.39, 0.29) is 6.42 Å². The van der Waals surface area contributed by atoms with Gasteiger partial charge in [0.1, 0.15) is 5.75 Å². The lowest BCUT2D eigenvalue weighted by molar-refractivity contribution is -0.136. The van der Waals surface area contributed by atoms with Crippen molar-refractivity contribution in [3.63, 3.8) is 0 Å². The molecule has 1 aromatic rings. The first kappa shape index (κ1) is 14.5. The van der Waals surface area contributed by atoms with E-state index in [0.29, 0.717) is 13.1 Å². The number of benzene rings is 1. The van der Waals surface area contributed by atoms with Crippen molar-refractivity contribution in [1.29, 1.82) is 0 Å². The highest BCUT2D eigenvalue weighted by molar-refractivity contribution is 9.11. The van der Waals surface area contributed by atoms with E-state index in [1.807, 2.05) is 12.1 Å².